The van der Waals surface area contributed by atoms with Crippen LogP contribution in [0.5, 0.6) is 11.5 Å². The zero-order chi connectivity index (χ0) is 43.0. The van der Waals surface area contributed by atoms with Crippen LogP contribution in [0.15, 0.2) is 147 Å². The summed E-state index contributed by atoms with van der Waals surface area (Å²) in [6, 6.07) is 26.9. The van der Waals surface area contributed by atoms with Crippen LogP contribution >= 0.6 is 0 Å². The second kappa shape index (κ2) is 16.4. The lowest BCUT2D eigenvalue weighted by Crippen LogP contribution is -2.19. The van der Waals surface area contributed by atoms with E-state index in [4.69, 9.17) is 17.2 Å². The number of pyridine rings is 4. The Balaban J connectivity index is 0.000000143. The molecule has 0 radical (unpaired) electrons. The summed E-state index contributed by atoms with van der Waals surface area (Å²) in [5.74, 6) is 1.59. The summed E-state index contributed by atoms with van der Waals surface area (Å²) in [6.45, 7) is 1.87. The van der Waals surface area contributed by atoms with Gasteiger partial charge in [0.2, 0.25) is 0 Å². The lowest BCUT2D eigenvalue weighted by molar-refractivity contribution is 0.209. The number of nitrogens with one attached hydrogen (secondary N) is 1. The number of benzene rings is 2. The summed E-state index contributed by atoms with van der Waals surface area (Å²) < 4.78 is 31.1. The SMILES string of the molecule is [2H]c1ccc2c(-c3cnn4cc(-c5ccc(OC6CCCC6)cn5)cnc34)cccc2n1.[2H]c1ccc2c(-c3cnn4cc(-c5ccc(O[C@@H]6CCNC6)cn5)cnc34)cccc2n1. The molecule has 10 aromatic rings. The van der Waals surface area contributed by atoms with Crippen LogP contribution in [0.2, 0.25) is 0 Å². The standard InChI is InChI=1S/C25H21N5O.C24H20N6O/c1-2-6-18(5-1)31-19-10-11-23(27-14-19)17-13-28-25-22(15-29-30(25)16-17)20-7-3-9-24-21(20)8-4-12-26-24;1-3-19(20-4-2-9-26-23(20)5-1)21-14-29-30-15-16(11-28-24(21)30)22-7-6-17(13-27-22)31-18-8-10-25-12-18/h3-4,7-16,18H,1-2,5-6H2;1-7,9,11,13-15,18,25H,8,10,12H2/t;18-/m.1/s1/i12D;9D. The lowest BCUT2D eigenvalue weighted by atomic mass is 10.0. The summed E-state index contributed by atoms with van der Waals surface area (Å²) in [5, 5.41) is 14.3. The summed E-state index contributed by atoms with van der Waals surface area (Å²) in [6.07, 6.45) is 21.5. The molecule has 9 heterocycles. The average molecular weight is 818 g/mol. The normalized spacial score (nSPS) is 15.8. The maximum atomic E-state index is 7.77. The Kier molecular flexibility index (Phi) is 9.31. The van der Waals surface area contributed by atoms with Gasteiger partial charge in [0.25, 0.3) is 0 Å². The molecule has 2 fully saturated rings. The third kappa shape index (κ3) is 7.43. The van der Waals surface area contributed by atoms with E-state index in [2.05, 4.69) is 40.4 Å². The van der Waals surface area contributed by atoms with Crippen LogP contribution in [0.25, 0.3) is 77.9 Å². The third-order valence-electron chi connectivity index (χ3n) is 11.5. The number of nitrogens with zero attached hydrogens (tertiary/aromatic N) is 10. The number of aromatic nitrogens is 10. The van der Waals surface area contributed by atoms with Gasteiger partial charge in [0, 0.05) is 76.7 Å². The lowest BCUT2D eigenvalue weighted by Gasteiger charge is -2.12. The zero-order valence-corrected chi connectivity index (χ0v) is 33.6. The second-order valence-electron chi connectivity index (χ2n) is 15.5. The molecule has 0 unspecified atom stereocenters. The van der Waals surface area contributed by atoms with E-state index in [0.717, 1.165) is 122 Å². The van der Waals surface area contributed by atoms with Crippen LogP contribution in [0.4, 0.5) is 0 Å². The number of hydrogen-bond acceptors (Lipinski definition) is 11. The first-order valence-corrected chi connectivity index (χ1v) is 20.9. The van der Waals surface area contributed by atoms with Crippen molar-refractivity contribution < 1.29 is 12.2 Å². The predicted octanol–water partition coefficient (Wildman–Crippen LogP) is 9.08. The van der Waals surface area contributed by atoms with Gasteiger partial charge in [-0.25, -0.2) is 19.0 Å². The van der Waals surface area contributed by atoms with Crippen molar-refractivity contribution in [2.75, 3.05) is 13.1 Å². The molecule has 1 saturated heterocycles. The van der Waals surface area contributed by atoms with E-state index in [1.807, 2.05) is 110 Å². The van der Waals surface area contributed by atoms with Gasteiger partial charge in [0.05, 0.1) is 56.1 Å². The summed E-state index contributed by atoms with van der Waals surface area (Å²) >= 11 is 0. The fourth-order valence-electron chi connectivity index (χ4n) is 8.33. The molecule has 13 heteroatoms. The van der Waals surface area contributed by atoms with E-state index in [1.54, 1.807) is 33.6 Å². The zero-order valence-electron chi connectivity index (χ0n) is 35.6. The molecule has 2 aromatic carbocycles. The molecular weight excluding hydrogens is 775 g/mol. The Morgan fingerprint density at radius 3 is 1.56 bits per heavy atom. The van der Waals surface area contributed by atoms with Gasteiger partial charge in [-0.15, -0.1) is 0 Å². The predicted molar refractivity (Wildman–Crippen MR) is 239 cm³/mol. The van der Waals surface area contributed by atoms with Crippen LogP contribution in [-0.4, -0.2) is 74.4 Å². The first kappa shape index (κ1) is 35.1. The Hall–Kier alpha value is -7.64. The third-order valence-corrected chi connectivity index (χ3v) is 11.5. The highest BCUT2D eigenvalue weighted by Crippen LogP contribution is 2.33. The molecule has 1 aliphatic carbocycles. The van der Waals surface area contributed by atoms with E-state index in [-0.39, 0.29) is 18.4 Å². The molecule has 304 valence electrons. The maximum Gasteiger partial charge on any atom is 0.162 e. The first-order chi connectivity index (χ1) is 31.5. The van der Waals surface area contributed by atoms with Gasteiger partial charge in [-0.3, -0.25) is 19.9 Å². The van der Waals surface area contributed by atoms with Crippen molar-refractivity contribution >= 4 is 33.1 Å². The molecule has 0 bridgehead atoms. The Labute approximate surface area is 359 Å². The highest BCUT2D eigenvalue weighted by atomic mass is 16.5. The van der Waals surface area contributed by atoms with Gasteiger partial charge < -0.3 is 14.8 Å². The molecule has 62 heavy (non-hydrogen) atoms. The molecule has 1 saturated carbocycles. The van der Waals surface area contributed by atoms with Gasteiger partial charge in [-0.05, 0) is 98.3 Å². The van der Waals surface area contributed by atoms with Crippen molar-refractivity contribution in [2.24, 2.45) is 0 Å². The van der Waals surface area contributed by atoms with Crippen LogP contribution in [0, 0.1) is 0 Å². The molecular formula is C49H41N11O2. The molecule has 1 N–H and O–H groups in total. The number of ether oxygens (including phenoxy) is 2. The summed E-state index contributed by atoms with van der Waals surface area (Å²) in [7, 11) is 0. The number of hydrogen-bond donors (Lipinski definition) is 1. The van der Waals surface area contributed by atoms with Crippen molar-refractivity contribution in [1.29, 1.82) is 0 Å². The van der Waals surface area contributed by atoms with Crippen molar-refractivity contribution in [2.45, 2.75) is 44.3 Å². The Bertz CT molecular complexity index is 3070. The van der Waals surface area contributed by atoms with Crippen molar-refractivity contribution in [1.82, 2.24) is 54.4 Å². The minimum absolute atomic E-state index is 0.208. The smallest absolute Gasteiger partial charge is 0.162 e. The topological polar surface area (TPSA) is 142 Å². The van der Waals surface area contributed by atoms with Crippen molar-refractivity contribution in [3.63, 3.8) is 0 Å². The van der Waals surface area contributed by atoms with E-state index >= 15 is 0 Å². The Morgan fingerprint density at radius 1 is 0.516 bits per heavy atom. The minimum Gasteiger partial charge on any atom is -0.489 e. The Morgan fingerprint density at radius 2 is 1.06 bits per heavy atom. The van der Waals surface area contributed by atoms with E-state index in [0.29, 0.717) is 6.10 Å². The van der Waals surface area contributed by atoms with Crippen LogP contribution < -0.4 is 14.8 Å². The highest BCUT2D eigenvalue weighted by Gasteiger charge is 2.19. The molecule has 0 amide bonds. The molecule has 1 aliphatic heterocycles. The monoisotopic (exact) mass is 817 g/mol. The fourth-order valence-corrected chi connectivity index (χ4v) is 8.33. The fraction of sp³-hybridized carbons (Fsp3) is 0.184. The largest absolute Gasteiger partial charge is 0.489 e. The van der Waals surface area contributed by atoms with Crippen molar-refractivity contribution in [3.8, 4) is 56.3 Å². The molecule has 0 spiro atoms. The van der Waals surface area contributed by atoms with Crippen LogP contribution in [-0.2, 0) is 0 Å². The quantitative estimate of drug-likeness (QED) is 0.157. The summed E-state index contributed by atoms with van der Waals surface area (Å²) in [5.41, 5.74) is 10.3. The number of fused-ring (bicyclic) bond motifs is 4. The molecule has 1 atom stereocenters. The van der Waals surface area contributed by atoms with E-state index < -0.39 is 0 Å². The van der Waals surface area contributed by atoms with Gasteiger partial charge in [-0.2, -0.15) is 10.2 Å². The van der Waals surface area contributed by atoms with Gasteiger partial charge in [0.1, 0.15) is 17.6 Å². The second-order valence-corrected chi connectivity index (χ2v) is 15.5. The minimum atomic E-state index is 0.208. The number of rotatable bonds is 8. The van der Waals surface area contributed by atoms with E-state index in [1.165, 1.54) is 12.8 Å². The average Bonchev–Trinajstić information content (AvgIpc) is 4.18. The molecule has 8 aromatic heterocycles. The summed E-state index contributed by atoms with van der Waals surface area (Å²) in [4.78, 5) is 27.2. The van der Waals surface area contributed by atoms with Gasteiger partial charge in [-0.1, -0.05) is 36.4 Å². The van der Waals surface area contributed by atoms with Gasteiger partial charge >= 0.3 is 0 Å². The van der Waals surface area contributed by atoms with E-state index in [9.17, 15) is 0 Å². The highest BCUT2D eigenvalue weighted by molar-refractivity contribution is 5.99. The van der Waals surface area contributed by atoms with Crippen LogP contribution in [0.3, 0.4) is 0 Å². The molecule has 12 rings (SSSR count). The van der Waals surface area contributed by atoms with Crippen molar-refractivity contribution in [3.05, 3.63) is 147 Å². The maximum absolute atomic E-state index is 7.77. The van der Waals surface area contributed by atoms with Crippen LogP contribution in [0.1, 0.15) is 34.8 Å². The first-order valence-electron chi connectivity index (χ1n) is 21.9. The molecule has 13 nitrogen and oxygen atoms in total. The van der Waals surface area contributed by atoms with Gasteiger partial charge in [0.15, 0.2) is 11.3 Å². The molecule has 2 aliphatic rings.